The van der Waals surface area contributed by atoms with Gasteiger partial charge in [0, 0.05) is 32.1 Å². The molecule has 27 heavy (non-hydrogen) atoms. The number of aryl methyl sites for hydroxylation is 1. The normalized spacial score (nSPS) is 11.3. The number of carbonyl (C=O) groups is 1. The Morgan fingerprint density at radius 1 is 1.22 bits per heavy atom. The zero-order chi connectivity index (χ0) is 20.0. The maximum atomic E-state index is 13.8. The topological polar surface area (TPSA) is 75.7 Å². The molecule has 1 N–H and O–H groups in total. The highest BCUT2D eigenvalue weighted by atomic mass is 32.2. The Bertz CT molecular complexity index is 916. The van der Waals surface area contributed by atoms with Crippen LogP contribution in [0.5, 0.6) is 5.75 Å². The van der Waals surface area contributed by atoms with Gasteiger partial charge in [0.05, 0.1) is 12.0 Å². The minimum Gasteiger partial charge on any atom is -0.496 e. The van der Waals surface area contributed by atoms with E-state index in [9.17, 15) is 17.6 Å². The highest BCUT2D eigenvalue weighted by Gasteiger charge is 2.17. The van der Waals surface area contributed by atoms with Crippen molar-refractivity contribution in [1.82, 2.24) is 9.62 Å². The second-order valence-electron chi connectivity index (χ2n) is 6.06. The molecule has 2 rings (SSSR count). The molecular formula is C19H23FN2O4S. The van der Waals surface area contributed by atoms with E-state index in [0.717, 1.165) is 0 Å². The van der Waals surface area contributed by atoms with E-state index >= 15 is 0 Å². The van der Waals surface area contributed by atoms with Crippen LogP contribution in [0.3, 0.4) is 0 Å². The van der Waals surface area contributed by atoms with Crippen LogP contribution in [0.15, 0.2) is 47.4 Å². The quantitative estimate of drug-likeness (QED) is 0.746. The second-order valence-corrected chi connectivity index (χ2v) is 7.83. The number of benzene rings is 2. The van der Waals surface area contributed by atoms with E-state index in [1.807, 2.05) is 0 Å². The van der Waals surface area contributed by atoms with Gasteiger partial charge in [0.25, 0.3) is 0 Å². The summed E-state index contributed by atoms with van der Waals surface area (Å²) in [6.45, 7) is 3.33. The number of carbonyl (C=O) groups excluding carboxylic acids is 1. The van der Waals surface area contributed by atoms with Crippen molar-refractivity contribution in [2.45, 2.75) is 25.3 Å². The molecule has 0 atom stereocenters. The Labute approximate surface area is 159 Å². The van der Waals surface area contributed by atoms with Crippen LogP contribution < -0.4 is 9.46 Å². The average molecular weight is 394 g/mol. The first kappa shape index (κ1) is 20.9. The number of nitrogens with one attached hydrogen (secondary N) is 1. The summed E-state index contributed by atoms with van der Waals surface area (Å²) in [5.74, 6) is -0.0719. The van der Waals surface area contributed by atoms with Crippen molar-refractivity contribution in [2.24, 2.45) is 0 Å². The van der Waals surface area contributed by atoms with E-state index in [-0.39, 0.29) is 30.4 Å². The summed E-state index contributed by atoms with van der Waals surface area (Å²) in [7, 11) is -2.21. The molecule has 0 bridgehead atoms. The maximum absolute atomic E-state index is 13.8. The van der Waals surface area contributed by atoms with Gasteiger partial charge in [0.1, 0.15) is 11.6 Å². The first-order valence-corrected chi connectivity index (χ1v) is 9.86. The van der Waals surface area contributed by atoms with Crippen molar-refractivity contribution >= 4 is 15.9 Å². The SMILES string of the molecule is COc1ccc(S(=O)(=O)NCCN(Cc2ccccc2F)C(C)=O)cc1C. The number of halogens is 1. The van der Waals surface area contributed by atoms with Crippen molar-refractivity contribution in [2.75, 3.05) is 20.2 Å². The molecule has 0 radical (unpaired) electrons. The van der Waals surface area contributed by atoms with Crippen LogP contribution in [0.25, 0.3) is 0 Å². The van der Waals surface area contributed by atoms with Crippen LogP contribution in [-0.2, 0) is 21.4 Å². The lowest BCUT2D eigenvalue weighted by atomic mass is 10.2. The first-order chi connectivity index (χ1) is 12.7. The van der Waals surface area contributed by atoms with Gasteiger partial charge in [-0.15, -0.1) is 0 Å². The van der Waals surface area contributed by atoms with E-state index in [2.05, 4.69) is 4.72 Å². The highest BCUT2D eigenvalue weighted by Crippen LogP contribution is 2.21. The molecule has 0 saturated carbocycles. The number of ether oxygens (including phenoxy) is 1. The minimum atomic E-state index is -3.73. The third kappa shape index (κ3) is 5.51. The number of rotatable bonds is 8. The van der Waals surface area contributed by atoms with Crippen molar-refractivity contribution in [3.63, 3.8) is 0 Å². The van der Waals surface area contributed by atoms with Crippen molar-refractivity contribution in [1.29, 1.82) is 0 Å². The number of methoxy groups -OCH3 is 1. The van der Waals surface area contributed by atoms with Crippen molar-refractivity contribution in [3.05, 3.63) is 59.4 Å². The summed E-state index contributed by atoms with van der Waals surface area (Å²) in [4.78, 5) is 13.3. The van der Waals surface area contributed by atoms with Gasteiger partial charge in [-0.3, -0.25) is 4.79 Å². The molecule has 0 heterocycles. The van der Waals surface area contributed by atoms with Crippen molar-refractivity contribution < 1.29 is 22.3 Å². The zero-order valence-electron chi connectivity index (χ0n) is 15.5. The molecule has 1 amide bonds. The van der Waals surface area contributed by atoms with Crippen molar-refractivity contribution in [3.8, 4) is 5.75 Å². The molecule has 0 aliphatic carbocycles. The largest absolute Gasteiger partial charge is 0.496 e. The molecule has 2 aromatic rings. The monoisotopic (exact) mass is 394 g/mol. The highest BCUT2D eigenvalue weighted by molar-refractivity contribution is 7.89. The van der Waals surface area contributed by atoms with Gasteiger partial charge in [0.2, 0.25) is 15.9 Å². The lowest BCUT2D eigenvalue weighted by Gasteiger charge is -2.21. The predicted molar refractivity (Wildman–Crippen MR) is 100 cm³/mol. The van der Waals surface area contributed by atoms with Gasteiger partial charge in [-0.2, -0.15) is 0 Å². The Balaban J connectivity index is 2.02. The maximum Gasteiger partial charge on any atom is 0.240 e. The summed E-state index contributed by atoms with van der Waals surface area (Å²) < 4.78 is 46.2. The summed E-state index contributed by atoms with van der Waals surface area (Å²) in [6, 6.07) is 10.7. The van der Waals surface area contributed by atoms with Crippen LogP contribution in [0.2, 0.25) is 0 Å². The van der Waals surface area contributed by atoms with E-state index in [4.69, 9.17) is 4.74 Å². The van der Waals surface area contributed by atoms with Crippen LogP contribution in [-0.4, -0.2) is 39.4 Å². The van der Waals surface area contributed by atoms with Gasteiger partial charge in [-0.05, 0) is 36.8 Å². The van der Waals surface area contributed by atoms with Gasteiger partial charge in [-0.1, -0.05) is 18.2 Å². The summed E-state index contributed by atoms with van der Waals surface area (Å²) in [6.07, 6.45) is 0. The Morgan fingerprint density at radius 2 is 1.93 bits per heavy atom. The molecule has 0 aromatic heterocycles. The fourth-order valence-corrected chi connectivity index (χ4v) is 3.70. The molecule has 0 aliphatic rings. The number of amides is 1. The number of hydrogen-bond acceptors (Lipinski definition) is 4. The molecule has 146 valence electrons. The fourth-order valence-electron chi connectivity index (χ4n) is 2.60. The Hall–Kier alpha value is -2.45. The molecule has 0 saturated heterocycles. The molecular weight excluding hydrogens is 371 g/mol. The molecule has 0 aliphatic heterocycles. The molecule has 0 fully saturated rings. The number of nitrogens with zero attached hydrogens (tertiary/aromatic N) is 1. The lowest BCUT2D eigenvalue weighted by molar-refractivity contribution is -0.129. The van der Waals surface area contributed by atoms with E-state index < -0.39 is 15.8 Å². The third-order valence-electron chi connectivity index (χ3n) is 4.11. The third-order valence-corrected chi connectivity index (χ3v) is 5.57. The van der Waals surface area contributed by atoms with Crippen LogP contribution >= 0.6 is 0 Å². The van der Waals surface area contributed by atoms with E-state index in [0.29, 0.717) is 16.9 Å². The molecule has 8 heteroatoms. The smallest absolute Gasteiger partial charge is 0.240 e. The summed E-state index contributed by atoms with van der Waals surface area (Å²) in [5, 5.41) is 0. The van der Waals surface area contributed by atoms with Gasteiger partial charge in [-0.25, -0.2) is 17.5 Å². The number of sulfonamides is 1. The van der Waals surface area contributed by atoms with E-state index in [1.165, 1.54) is 37.1 Å². The molecule has 6 nitrogen and oxygen atoms in total. The van der Waals surface area contributed by atoms with E-state index in [1.54, 1.807) is 31.2 Å². The minimum absolute atomic E-state index is 0.0153. The standard InChI is InChI=1S/C19H23FN2O4S/c1-14-12-17(8-9-19(14)26-3)27(24,25)21-10-11-22(15(2)23)13-16-6-4-5-7-18(16)20/h4-9,12,21H,10-11,13H2,1-3H3. The number of hydrogen-bond donors (Lipinski definition) is 1. The van der Waals surface area contributed by atoms with Gasteiger partial charge < -0.3 is 9.64 Å². The second kappa shape index (κ2) is 8.96. The fraction of sp³-hybridized carbons (Fsp3) is 0.316. The van der Waals surface area contributed by atoms with Gasteiger partial charge in [0.15, 0.2) is 0 Å². The molecule has 0 spiro atoms. The van der Waals surface area contributed by atoms with Crippen LogP contribution in [0, 0.1) is 12.7 Å². The molecule has 0 unspecified atom stereocenters. The summed E-state index contributed by atoms with van der Waals surface area (Å²) in [5.41, 5.74) is 1.08. The average Bonchev–Trinajstić information content (AvgIpc) is 2.62. The Morgan fingerprint density at radius 3 is 2.52 bits per heavy atom. The first-order valence-electron chi connectivity index (χ1n) is 8.38. The van der Waals surface area contributed by atoms with Crippen LogP contribution in [0.1, 0.15) is 18.1 Å². The van der Waals surface area contributed by atoms with Gasteiger partial charge >= 0.3 is 0 Å². The van der Waals surface area contributed by atoms with Crippen LogP contribution in [0.4, 0.5) is 4.39 Å². The Kier molecular flexibility index (Phi) is 6.92. The lowest BCUT2D eigenvalue weighted by Crippen LogP contribution is -2.37. The molecule has 2 aromatic carbocycles. The zero-order valence-corrected chi connectivity index (χ0v) is 16.3. The summed E-state index contributed by atoms with van der Waals surface area (Å²) >= 11 is 0. The predicted octanol–water partition coefficient (Wildman–Crippen LogP) is 2.47.